The molecule has 1 unspecified atom stereocenters. The highest BCUT2D eigenvalue weighted by atomic mass is 32.2. The van der Waals surface area contributed by atoms with Crippen molar-refractivity contribution >= 4 is 10.0 Å². The van der Waals surface area contributed by atoms with Crippen LogP contribution in [0.2, 0.25) is 0 Å². The molecule has 0 heterocycles. The van der Waals surface area contributed by atoms with Crippen molar-refractivity contribution in [3.05, 3.63) is 58.7 Å². The third-order valence-electron chi connectivity index (χ3n) is 5.09. The van der Waals surface area contributed by atoms with Gasteiger partial charge in [-0.15, -0.1) is 0 Å². The average Bonchev–Trinajstić information content (AvgIpc) is 3.08. The van der Waals surface area contributed by atoms with Crippen LogP contribution >= 0.6 is 0 Å². The maximum absolute atomic E-state index is 12.9. The Labute approximate surface area is 156 Å². The third kappa shape index (κ3) is 3.79. The Bertz CT molecular complexity index is 903. The maximum Gasteiger partial charge on any atom is 0.241 e. The van der Waals surface area contributed by atoms with Gasteiger partial charge in [-0.1, -0.05) is 32.0 Å². The molecule has 0 amide bonds. The predicted molar refractivity (Wildman–Crippen MR) is 104 cm³/mol. The smallest absolute Gasteiger partial charge is 0.241 e. The highest BCUT2D eigenvalue weighted by molar-refractivity contribution is 7.89. The molecule has 0 bridgehead atoms. The molecule has 0 aromatic heterocycles. The zero-order valence-corrected chi connectivity index (χ0v) is 16.7. The summed E-state index contributed by atoms with van der Waals surface area (Å²) in [5.41, 5.74) is 4.63. The summed E-state index contributed by atoms with van der Waals surface area (Å²) in [6, 6.07) is 11.1. The molecule has 26 heavy (non-hydrogen) atoms. The van der Waals surface area contributed by atoms with Crippen molar-refractivity contribution in [3.8, 4) is 5.75 Å². The Kier molecular flexibility index (Phi) is 5.39. The Morgan fingerprint density at radius 2 is 1.73 bits per heavy atom. The van der Waals surface area contributed by atoms with Crippen molar-refractivity contribution in [3.63, 3.8) is 0 Å². The van der Waals surface area contributed by atoms with E-state index >= 15 is 0 Å². The summed E-state index contributed by atoms with van der Waals surface area (Å²) in [5.74, 6) is 0.889. The molecule has 140 valence electrons. The van der Waals surface area contributed by atoms with Gasteiger partial charge in [0.15, 0.2) is 0 Å². The molecule has 0 fully saturated rings. The predicted octanol–water partition coefficient (Wildman–Crippen LogP) is 4.35. The van der Waals surface area contributed by atoms with E-state index in [1.807, 2.05) is 26.8 Å². The monoisotopic (exact) mass is 373 g/mol. The van der Waals surface area contributed by atoms with E-state index in [2.05, 4.69) is 16.9 Å². The number of methoxy groups -OCH3 is 1. The zero-order chi connectivity index (χ0) is 18.9. The normalized spacial score (nSPS) is 15.1. The number of nitrogens with one attached hydrogen (secondary N) is 1. The molecular weight excluding hydrogens is 346 g/mol. The molecule has 2 aromatic rings. The van der Waals surface area contributed by atoms with Crippen LogP contribution in [0.15, 0.2) is 41.3 Å². The maximum atomic E-state index is 12.9. The summed E-state index contributed by atoms with van der Waals surface area (Å²) < 4.78 is 33.9. The van der Waals surface area contributed by atoms with Crippen LogP contribution in [0.4, 0.5) is 0 Å². The second kappa shape index (κ2) is 7.41. The largest absolute Gasteiger partial charge is 0.496 e. The van der Waals surface area contributed by atoms with Crippen molar-refractivity contribution in [2.45, 2.75) is 56.9 Å². The van der Waals surface area contributed by atoms with Crippen LogP contribution in [0.1, 0.15) is 61.4 Å². The molecule has 0 spiro atoms. The fourth-order valence-corrected chi connectivity index (χ4v) is 4.83. The second-order valence-corrected chi connectivity index (χ2v) is 9.00. The first-order valence-corrected chi connectivity index (χ1v) is 10.6. The molecule has 0 radical (unpaired) electrons. The highest BCUT2D eigenvalue weighted by Gasteiger charge is 2.22. The SMILES string of the molecule is COc1ccc(S(=O)(=O)NC(C)c2ccc3c(c2)CCC3)cc1C(C)C. The van der Waals surface area contributed by atoms with E-state index in [4.69, 9.17) is 4.74 Å². The van der Waals surface area contributed by atoms with Crippen molar-refractivity contribution in [1.29, 1.82) is 0 Å². The Balaban J connectivity index is 1.85. The lowest BCUT2D eigenvalue weighted by atomic mass is 10.0. The van der Waals surface area contributed by atoms with E-state index in [0.717, 1.165) is 24.0 Å². The van der Waals surface area contributed by atoms with Crippen LogP contribution in [-0.2, 0) is 22.9 Å². The Morgan fingerprint density at radius 1 is 1.00 bits per heavy atom. The minimum atomic E-state index is -3.61. The molecule has 1 atom stereocenters. The minimum Gasteiger partial charge on any atom is -0.496 e. The Morgan fingerprint density at radius 3 is 2.42 bits per heavy atom. The summed E-state index contributed by atoms with van der Waals surface area (Å²) in [6.45, 7) is 5.94. The molecule has 0 saturated heterocycles. The van der Waals surface area contributed by atoms with Gasteiger partial charge in [0.2, 0.25) is 10.0 Å². The van der Waals surface area contributed by atoms with Gasteiger partial charge in [0.1, 0.15) is 5.75 Å². The number of fused-ring (bicyclic) bond motifs is 1. The van der Waals surface area contributed by atoms with Gasteiger partial charge in [0.05, 0.1) is 12.0 Å². The third-order valence-corrected chi connectivity index (χ3v) is 6.63. The minimum absolute atomic E-state index is 0.175. The van der Waals surface area contributed by atoms with Crippen LogP contribution in [0.3, 0.4) is 0 Å². The van der Waals surface area contributed by atoms with Gasteiger partial charge in [0, 0.05) is 6.04 Å². The van der Waals surface area contributed by atoms with E-state index in [1.165, 1.54) is 17.5 Å². The lowest BCUT2D eigenvalue weighted by Gasteiger charge is -2.18. The Hall–Kier alpha value is -1.85. The quantitative estimate of drug-likeness (QED) is 0.819. The van der Waals surface area contributed by atoms with Crippen molar-refractivity contribution in [1.82, 2.24) is 4.72 Å². The first-order chi connectivity index (χ1) is 12.3. The lowest BCUT2D eigenvalue weighted by Crippen LogP contribution is -2.27. The van der Waals surface area contributed by atoms with Gasteiger partial charge in [0.25, 0.3) is 0 Å². The summed E-state index contributed by atoms with van der Waals surface area (Å²) in [5, 5.41) is 0. The lowest BCUT2D eigenvalue weighted by molar-refractivity contribution is 0.407. The summed E-state index contributed by atoms with van der Waals surface area (Å²) in [7, 11) is -2.01. The van der Waals surface area contributed by atoms with E-state index in [9.17, 15) is 8.42 Å². The van der Waals surface area contributed by atoms with Crippen LogP contribution < -0.4 is 9.46 Å². The van der Waals surface area contributed by atoms with Crippen molar-refractivity contribution in [2.75, 3.05) is 7.11 Å². The molecule has 2 aromatic carbocycles. The fraction of sp³-hybridized carbons (Fsp3) is 0.429. The second-order valence-electron chi connectivity index (χ2n) is 7.28. The molecule has 1 aliphatic carbocycles. The summed E-state index contributed by atoms with van der Waals surface area (Å²) in [6.07, 6.45) is 3.39. The van der Waals surface area contributed by atoms with Gasteiger partial charge in [-0.25, -0.2) is 13.1 Å². The van der Waals surface area contributed by atoms with Gasteiger partial charge < -0.3 is 4.74 Å². The molecule has 1 aliphatic rings. The van der Waals surface area contributed by atoms with Crippen LogP contribution in [-0.4, -0.2) is 15.5 Å². The molecule has 3 rings (SSSR count). The molecule has 0 aliphatic heterocycles. The number of ether oxygens (including phenoxy) is 1. The molecule has 0 saturated carbocycles. The number of hydrogen-bond acceptors (Lipinski definition) is 3. The van der Waals surface area contributed by atoms with E-state index < -0.39 is 10.0 Å². The molecule has 5 heteroatoms. The number of hydrogen-bond donors (Lipinski definition) is 1. The van der Waals surface area contributed by atoms with Gasteiger partial charge >= 0.3 is 0 Å². The topological polar surface area (TPSA) is 55.4 Å². The van der Waals surface area contributed by atoms with Crippen LogP contribution in [0, 0.1) is 0 Å². The van der Waals surface area contributed by atoms with E-state index in [1.54, 1.807) is 25.3 Å². The standard InChI is InChI=1S/C21H27NO3S/c1-14(2)20-13-19(10-11-21(20)25-4)26(23,24)22-15(3)17-9-8-16-6-5-7-18(16)12-17/h8-15,22H,5-7H2,1-4H3. The van der Waals surface area contributed by atoms with Gasteiger partial charge in [-0.3, -0.25) is 0 Å². The molecule has 4 nitrogen and oxygen atoms in total. The molecular formula is C21H27NO3S. The first-order valence-electron chi connectivity index (χ1n) is 9.14. The zero-order valence-electron chi connectivity index (χ0n) is 15.9. The first kappa shape index (κ1) is 18.9. The highest BCUT2D eigenvalue weighted by Crippen LogP contribution is 2.30. The van der Waals surface area contributed by atoms with Crippen LogP contribution in [0.25, 0.3) is 0 Å². The number of benzene rings is 2. The van der Waals surface area contributed by atoms with Gasteiger partial charge in [-0.05, 0) is 72.6 Å². The number of rotatable bonds is 6. The average molecular weight is 374 g/mol. The fourth-order valence-electron chi connectivity index (χ4n) is 3.56. The number of sulfonamides is 1. The van der Waals surface area contributed by atoms with Crippen molar-refractivity contribution in [2.24, 2.45) is 0 Å². The van der Waals surface area contributed by atoms with E-state index in [0.29, 0.717) is 5.75 Å². The van der Waals surface area contributed by atoms with Crippen molar-refractivity contribution < 1.29 is 13.2 Å². The summed E-state index contributed by atoms with van der Waals surface area (Å²) in [4.78, 5) is 0.273. The summed E-state index contributed by atoms with van der Waals surface area (Å²) >= 11 is 0. The molecule has 1 N–H and O–H groups in total. The van der Waals surface area contributed by atoms with E-state index in [-0.39, 0.29) is 16.9 Å². The number of aryl methyl sites for hydroxylation is 2. The van der Waals surface area contributed by atoms with Crippen LogP contribution in [0.5, 0.6) is 5.75 Å². The van der Waals surface area contributed by atoms with Gasteiger partial charge in [-0.2, -0.15) is 0 Å².